The third kappa shape index (κ3) is 3.60. The predicted octanol–water partition coefficient (Wildman–Crippen LogP) is 8.81. The van der Waals surface area contributed by atoms with Crippen LogP contribution in [0.4, 0.5) is 0 Å². The van der Waals surface area contributed by atoms with Gasteiger partial charge in [0.15, 0.2) is 5.60 Å². The number of rotatable bonds is 4. The Balaban J connectivity index is 1.82. The number of fused-ring (bicyclic) bond motifs is 3. The number of methoxy groups -OCH3 is 1. The van der Waals surface area contributed by atoms with Crippen molar-refractivity contribution in [3.05, 3.63) is 110 Å². The predicted molar refractivity (Wildman–Crippen MR) is 143 cm³/mol. The zero-order valence-electron chi connectivity index (χ0n) is 18.7. The summed E-state index contributed by atoms with van der Waals surface area (Å²) in [7, 11) is 1.69. The first-order chi connectivity index (χ1) is 16.0. The maximum atomic E-state index is 7.05. The Bertz CT molecular complexity index is 1370. The minimum Gasteiger partial charge on any atom is -0.497 e. The van der Waals surface area contributed by atoms with Gasteiger partial charge in [0.25, 0.3) is 0 Å². The van der Waals surface area contributed by atoms with Crippen molar-refractivity contribution in [1.82, 2.24) is 0 Å². The zero-order chi connectivity index (χ0) is 23.2. The van der Waals surface area contributed by atoms with E-state index in [0.717, 1.165) is 42.5 Å². The molecule has 4 aromatic rings. The summed E-state index contributed by atoms with van der Waals surface area (Å²) in [6, 6.07) is 27.2. The summed E-state index contributed by atoms with van der Waals surface area (Å²) >= 11 is 7.72. The van der Waals surface area contributed by atoms with Crippen LogP contribution in [0.3, 0.4) is 0 Å². The second kappa shape index (κ2) is 8.66. The fourth-order valence-electron chi connectivity index (χ4n) is 4.70. The van der Waals surface area contributed by atoms with Crippen molar-refractivity contribution < 1.29 is 9.47 Å². The van der Waals surface area contributed by atoms with Gasteiger partial charge in [-0.2, -0.15) is 0 Å². The van der Waals surface area contributed by atoms with E-state index in [0.29, 0.717) is 5.92 Å². The molecule has 33 heavy (non-hydrogen) atoms. The van der Waals surface area contributed by atoms with Crippen LogP contribution in [-0.4, -0.2) is 7.11 Å². The van der Waals surface area contributed by atoms with Gasteiger partial charge in [0.2, 0.25) is 0 Å². The molecule has 0 fully saturated rings. The normalized spacial score (nSPS) is 17.5. The molecule has 0 spiro atoms. The Labute approximate surface area is 211 Å². The highest BCUT2D eigenvalue weighted by Crippen LogP contribution is 2.52. The molecule has 0 saturated heterocycles. The van der Waals surface area contributed by atoms with Gasteiger partial charge in [-0.15, -0.1) is 0 Å². The summed E-state index contributed by atoms with van der Waals surface area (Å²) in [5, 5.41) is 2.32. The van der Waals surface area contributed by atoms with Crippen molar-refractivity contribution in [3.63, 3.8) is 0 Å². The van der Waals surface area contributed by atoms with Gasteiger partial charge in [-0.3, -0.25) is 0 Å². The van der Waals surface area contributed by atoms with Gasteiger partial charge in [0.1, 0.15) is 11.5 Å². The van der Waals surface area contributed by atoms with Crippen LogP contribution in [0.15, 0.2) is 87.8 Å². The molecule has 1 heterocycles. The highest BCUT2D eigenvalue weighted by atomic mass is 79.9. The molecule has 0 aliphatic carbocycles. The maximum Gasteiger partial charge on any atom is 0.191 e. The lowest BCUT2D eigenvalue weighted by atomic mass is 9.79. The van der Waals surface area contributed by atoms with Crippen LogP contribution in [0.25, 0.3) is 16.8 Å². The Morgan fingerprint density at radius 2 is 1.61 bits per heavy atom. The first-order valence-electron chi connectivity index (χ1n) is 11.0. The summed E-state index contributed by atoms with van der Waals surface area (Å²) in [6.45, 7) is 4.44. The molecule has 4 heteroatoms. The van der Waals surface area contributed by atoms with Crippen LogP contribution >= 0.6 is 31.9 Å². The van der Waals surface area contributed by atoms with E-state index in [4.69, 9.17) is 9.47 Å². The van der Waals surface area contributed by atoms with E-state index in [9.17, 15) is 0 Å². The average Bonchev–Trinajstić information content (AvgIpc) is 2.83. The SMILES string of the molecule is COc1ccc(C2(c3ccccc3C(C)C)Oc3ccc4cccc(Br)c4c3C=C2Br)cc1. The molecule has 0 N–H and O–H groups in total. The summed E-state index contributed by atoms with van der Waals surface area (Å²) in [6.07, 6.45) is 2.22. The van der Waals surface area contributed by atoms with Crippen molar-refractivity contribution in [2.24, 2.45) is 0 Å². The molecular formula is C29H24Br2O2. The molecule has 2 nitrogen and oxygen atoms in total. The lowest BCUT2D eigenvalue weighted by Crippen LogP contribution is -2.38. The van der Waals surface area contributed by atoms with Crippen molar-refractivity contribution in [3.8, 4) is 11.5 Å². The highest BCUT2D eigenvalue weighted by molar-refractivity contribution is 9.12. The van der Waals surface area contributed by atoms with E-state index in [2.05, 4.69) is 119 Å². The Kier molecular flexibility index (Phi) is 5.84. The van der Waals surface area contributed by atoms with Crippen molar-refractivity contribution in [2.45, 2.75) is 25.4 Å². The summed E-state index contributed by atoms with van der Waals surface area (Å²) < 4.78 is 14.5. The fourth-order valence-corrected chi connectivity index (χ4v) is 6.05. The topological polar surface area (TPSA) is 18.5 Å². The fraction of sp³-hybridized carbons (Fsp3) is 0.172. The molecule has 0 saturated carbocycles. The first kappa shape index (κ1) is 22.2. The van der Waals surface area contributed by atoms with Crippen LogP contribution in [0.2, 0.25) is 0 Å². The molecule has 1 aliphatic heterocycles. The smallest absolute Gasteiger partial charge is 0.191 e. The van der Waals surface area contributed by atoms with Crippen LogP contribution in [0.5, 0.6) is 11.5 Å². The molecule has 0 bridgehead atoms. The molecule has 0 radical (unpaired) electrons. The van der Waals surface area contributed by atoms with Gasteiger partial charge in [-0.05, 0) is 47.2 Å². The molecule has 1 atom stereocenters. The number of halogens is 2. The van der Waals surface area contributed by atoms with Crippen molar-refractivity contribution in [2.75, 3.05) is 7.11 Å². The summed E-state index contributed by atoms with van der Waals surface area (Å²) in [5.74, 6) is 2.01. The second-order valence-electron chi connectivity index (χ2n) is 8.56. The third-order valence-corrected chi connectivity index (χ3v) is 7.77. The van der Waals surface area contributed by atoms with E-state index in [1.807, 2.05) is 12.1 Å². The van der Waals surface area contributed by atoms with Gasteiger partial charge < -0.3 is 9.47 Å². The second-order valence-corrected chi connectivity index (χ2v) is 10.3. The van der Waals surface area contributed by atoms with Gasteiger partial charge >= 0.3 is 0 Å². The maximum absolute atomic E-state index is 7.05. The average molecular weight is 564 g/mol. The van der Waals surface area contributed by atoms with Crippen LogP contribution in [-0.2, 0) is 5.60 Å². The largest absolute Gasteiger partial charge is 0.497 e. The van der Waals surface area contributed by atoms with Gasteiger partial charge in [-0.1, -0.05) is 100 Å². The van der Waals surface area contributed by atoms with E-state index in [-0.39, 0.29) is 0 Å². The number of ether oxygens (including phenoxy) is 2. The highest BCUT2D eigenvalue weighted by Gasteiger charge is 2.44. The Morgan fingerprint density at radius 1 is 0.848 bits per heavy atom. The van der Waals surface area contributed by atoms with E-state index in [1.165, 1.54) is 10.9 Å². The minimum absolute atomic E-state index is 0.340. The first-order valence-corrected chi connectivity index (χ1v) is 12.6. The molecule has 166 valence electrons. The Morgan fingerprint density at radius 3 is 2.33 bits per heavy atom. The van der Waals surface area contributed by atoms with Gasteiger partial charge in [0, 0.05) is 31.0 Å². The van der Waals surface area contributed by atoms with Crippen LogP contribution < -0.4 is 9.47 Å². The molecule has 5 rings (SSSR count). The van der Waals surface area contributed by atoms with Crippen LogP contribution in [0, 0.1) is 0 Å². The minimum atomic E-state index is -0.810. The quantitative estimate of drug-likeness (QED) is 0.247. The van der Waals surface area contributed by atoms with Crippen molar-refractivity contribution in [1.29, 1.82) is 0 Å². The zero-order valence-corrected chi connectivity index (χ0v) is 21.9. The van der Waals surface area contributed by atoms with Gasteiger partial charge in [-0.25, -0.2) is 0 Å². The number of hydrogen-bond acceptors (Lipinski definition) is 2. The van der Waals surface area contributed by atoms with Crippen molar-refractivity contribution >= 4 is 48.7 Å². The molecule has 0 amide bonds. The summed E-state index contributed by atoms with van der Waals surface area (Å²) in [4.78, 5) is 0. The lowest BCUT2D eigenvalue weighted by molar-refractivity contribution is 0.156. The standard InChI is InChI=1S/C29H24Br2O2/c1-18(2)22-8-4-5-9-24(22)29(20-12-14-21(32-3)15-13-20)27(31)17-23-26(33-29)16-11-19-7-6-10-25(30)28(19)23/h4-18H,1-3H3. The monoisotopic (exact) mass is 562 g/mol. The summed E-state index contributed by atoms with van der Waals surface area (Å²) in [5.41, 5.74) is 3.68. The van der Waals surface area contributed by atoms with E-state index >= 15 is 0 Å². The van der Waals surface area contributed by atoms with Gasteiger partial charge in [0.05, 0.1) is 7.11 Å². The number of benzene rings is 4. The lowest BCUT2D eigenvalue weighted by Gasteiger charge is -2.40. The molecule has 4 aromatic carbocycles. The third-order valence-electron chi connectivity index (χ3n) is 6.32. The molecular weight excluding hydrogens is 540 g/mol. The van der Waals surface area contributed by atoms with E-state index < -0.39 is 5.60 Å². The number of hydrogen-bond donors (Lipinski definition) is 0. The molecule has 1 unspecified atom stereocenters. The van der Waals surface area contributed by atoms with E-state index in [1.54, 1.807) is 7.11 Å². The Hall–Kier alpha value is -2.56. The van der Waals surface area contributed by atoms with Crippen LogP contribution in [0.1, 0.15) is 42.0 Å². The molecule has 1 aliphatic rings. The molecule has 0 aromatic heterocycles.